The third-order valence-corrected chi connectivity index (χ3v) is 3.06. The largest absolute Gasteiger partial charge is 0.370 e. The summed E-state index contributed by atoms with van der Waals surface area (Å²) in [6, 6.07) is 5.48. The molecule has 2 aliphatic heterocycles. The van der Waals surface area contributed by atoms with E-state index >= 15 is 0 Å². The van der Waals surface area contributed by atoms with E-state index < -0.39 is 11.8 Å². The Morgan fingerprint density at radius 1 is 1.00 bits per heavy atom. The summed E-state index contributed by atoms with van der Waals surface area (Å²) in [7, 11) is 0. The molecule has 0 aromatic heterocycles. The van der Waals surface area contributed by atoms with Gasteiger partial charge in [0.15, 0.2) is 0 Å². The van der Waals surface area contributed by atoms with Crippen LogP contribution in [0, 0.1) is 0 Å². The predicted molar refractivity (Wildman–Crippen MR) is 60.2 cm³/mol. The Balaban J connectivity index is 2.23. The van der Waals surface area contributed by atoms with E-state index in [1.165, 1.54) is 0 Å². The van der Waals surface area contributed by atoms with E-state index in [-0.39, 0.29) is 0 Å². The molecule has 1 fully saturated rings. The summed E-state index contributed by atoms with van der Waals surface area (Å²) in [5, 5.41) is 1.04. The van der Waals surface area contributed by atoms with Crippen molar-refractivity contribution in [2.45, 2.75) is 12.8 Å². The second kappa shape index (κ2) is 3.76. The number of anilines is 1. The van der Waals surface area contributed by atoms with Crippen LogP contribution in [0.2, 0.25) is 0 Å². The molecule has 2 amide bonds. The number of carbonyl (C=O) groups excluding carboxylic acids is 2. The number of para-hydroxylation sites is 1. The first kappa shape index (κ1) is 10.1. The molecule has 0 atom stereocenters. The fraction of sp³-hybridized carbons (Fsp3) is 0.333. The average molecular weight is 229 g/mol. The van der Waals surface area contributed by atoms with E-state index in [1.807, 2.05) is 12.1 Å². The van der Waals surface area contributed by atoms with Crippen molar-refractivity contribution in [3.05, 3.63) is 28.9 Å². The van der Waals surface area contributed by atoms with Crippen LogP contribution >= 0.6 is 0 Å². The van der Waals surface area contributed by atoms with Crippen molar-refractivity contribution in [3.63, 3.8) is 0 Å². The van der Waals surface area contributed by atoms with E-state index in [0.717, 1.165) is 31.6 Å². The first-order valence-corrected chi connectivity index (χ1v) is 5.65. The van der Waals surface area contributed by atoms with Crippen LogP contribution in [-0.4, -0.2) is 24.9 Å². The first-order valence-electron chi connectivity index (χ1n) is 5.65. The van der Waals surface area contributed by atoms with Gasteiger partial charge in [-0.2, -0.15) is 0 Å². The lowest BCUT2D eigenvalue weighted by Crippen LogP contribution is -2.39. The number of rotatable bonds is 1. The standard InChI is InChI=1S/C12H11N3O2/c16-11-12(17)14-10-8(13-11)4-3-5-9(10)15-6-1-2-7-15/h3-5H,1-2,6-7H2. The zero-order valence-corrected chi connectivity index (χ0v) is 9.22. The molecule has 0 spiro atoms. The number of benzene rings is 1. The number of amides is 2. The Hall–Kier alpha value is -2.04. The van der Waals surface area contributed by atoms with Crippen molar-refractivity contribution in [1.82, 2.24) is 0 Å². The lowest BCUT2D eigenvalue weighted by molar-refractivity contribution is -0.135. The maximum Gasteiger partial charge on any atom is 0.338 e. The van der Waals surface area contributed by atoms with Crippen LogP contribution in [0.15, 0.2) is 28.2 Å². The number of hydrogen-bond donors (Lipinski definition) is 0. The molecule has 0 N–H and O–H groups in total. The molecule has 0 unspecified atom stereocenters. The van der Waals surface area contributed by atoms with Gasteiger partial charge in [-0.25, -0.2) is 9.98 Å². The van der Waals surface area contributed by atoms with Crippen LogP contribution in [0.25, 0.3) is 0 Å². The molecular weight excluding hydrogens is 218 g/mol. The van der Waals surface area contributed by atoms with Crippen molar-refractivity contribution in [2.75, 3.05) is 18.0 Å². The van der Waals surface area contributed by atoms with Crippen molar-refractivity contribution in [1.29, 1.82) is 0 Å². The van der Waals surface area contributed by atoms with Crippen LogP contribution in [0.1, 0.15) is 12.8 Å². The first-order chi connectivity index (χ1) is 8.25. The highest BCUT2D eigenvalue weighted by atomic mass is 16.2. The quantitative estimate of drug-likeness (QED) is 0.615. The summed E-state index contributed by atoms with van der Waals surface area (Å²) >= 11 is 0. The molecule has 1 aromatic carbocycles. The summed E-state index contributed by atoms with van der Waals surface area (Å²) in [4.78, 5) is 32.2. The van der Waals surface area contributed by atoms with E-state index in [2.05, 4.69) is 14.9 Å². The van der Waals surface area contributed by atoms with E-state index in [9.17, 15) is 9.59 Å². The minimum absolute atomic E-state index is 0.499. The predicted octanol–water partition coefficient (Wildman–Crippen LogP) is -0.407. The summed E-state index contributed by atoms with van der Waals surface area (Å²) in [6.45, 7) is 1.93. The van der Waals surface area contributed by atoms with Crippen molar-refractivity contribution < 1.29 is 9.59 Å². The maximum absolute atomic E-state index is 11.3. The molecule has 1 aromatic rings. The van der Waals surface area contributed by atoms with E-state index in [0.29, 0.717) is 10.7 Å². The molecule has 86 valence electrons. The SMILES string of the molecule is O=C1N=c2cccc(N3CCCC3)c2=NC1=O. The number of nitrogens with zero attached hydrogens (tertiary/aromatic N) is 3. The van der Waals surface area contributed by atoms with Gasteiger partial charge in [-0.15, -0.1) is 0 Å². The second-order valence-corrected chi connectivity index (χ2v) is 4.17. The van der Waals surface area contributed by atoms with Crippen LogP contribution in [-0.2, 0) is 9.59 Å². The van der Waals surface area contributed by atoms with Crippen LogP contribution in [0.4, 0.5) is 5.69 Å². The molecule has 5 nitrogen and oxygen atoms in total. The van der Waals surface area contributed by atoms with Gasteiger partial charge in [-0.05, 0) is 25.0 Å². The van der Waals surface area contributed by atoms with Crippen molar-refractivity contribution >= 4 is 17.5 Å². The molecule has 2 aliphatic rings. The Morgan fingerprint density at radius 2 is 1.71 bits per heavy atom. The average Bonchev–Trinajstić information content (AvgIpc) is 2.83. The van der Waals surface area contributed by atoms with Crippen molar-refractivity contribution in [2.24, 2.45) is 9.98 Å². The molecule has 0 bridgehead atoms. The molecule has 0 saturated carbocycles. The van der Waals surface area contributed by atoms with Gasteiger partial charge in [0.25, 0.3) is 0 Å². The van der Waals surface area contributed by atoms with Gasteiger partial charge in [0.1, 0.15) is 5.36 Å². The van der Waals surface area contributed by atoms with Gasteiger partial charge < -0.3 is 4.90 Å². The Bertz CT molecular complexity index is 615. The van der Waals surface area contributed by atoms with Crippen LogP contribution < -0.4 is 15.6 Å². The molecule has 17 heavy (non-hydrogen) atoms. The smallest absolute Gasteiger partial charge is 0.338 e. The van der Waals surface area contributed by atoms with Gasteiger partial charge in [0.2, 0.25) is 0 Å². The number of carbonyl (C=O) groups is 2. The Kier molecular flexibility index (Phi) is 2.24. The van der Waals surface area contributed by atoms with Gasteiger partial charge in [-0.3, -0.25) is 9.59 Å². The molecule has 5 heteroatoms. The second-order valence-electron chi connectivity index (χ2n) is 4.17. The summed E-state index contributed by atoms with van der Waals surface area (Å²) in [6.07, 6.45) is 2.29. The van der Waals surface area contributed by atoms with Gasteiger partial charge in [0, 0.05) is 13.1 Å². The highest BCUT2D eigenvalue weighted by molar-refractivity contribution is 6.36. The molecule has 2 heterocycles. The summed E-state index contributed by atoms with van der Waals surface area (Å²) < 4.78 is 0. The van der Waals surface area contributed by atoms with E-state index in [4.69, 9.17) is 0 Å². The highest BCUT2D eigenvalue weighted by Gasteiger charge is 2.20. The molecule has 1 saturated heterocycles. The fourth-order valence-electron chi connectivity index (χ4n) is 2.24. The van der Waals surface area contributed by atoms with E-state index in [1.54, 1.807) is 6.07 Å². The van der Waals surface area contributed by atoms with Gasteiger partial charge in [-0.1, -0.05) is 6.07 Å². The highest BCUT2D eigenvalue weighted by Crippen LogP contribution is 2.15. The Labute approximate surface area is 97.5 Å². The minimum Gasteiger partial charge on any atom is -0.370 e. The molecular formula is C12H11N3O2. The maximum atomic E-state index is 11.3. The zero-order chi connectivity index (χ0) is 11.8. The lowest BCUT2D eigenvalue weighted by atomic mass is 10.2. The number of hydrogen-bond acceptors (Lipinski definition) is 3. The summed E-state index contributed by atoms with van der Waals surface area (Å²) in [5.41, 5.74) is 0.907. The Morgan fingerprint density at radius 3 is 2.47 bits per heavy atom. The topological polar surface area (TPSA) is 62.1 Å². The zero-order valence-electron chi connectivity index (χ0n) is 9.22. The minimum atomic E-state index is -0.781. The monoisotopic (exact) mass is 229 g/mol. The van der Waals surface area contributed by atoms with Gasteiger partial charge in [0.05, 0.1) is 11.0 Å². The fourth-order valence-corrected chi connectivity index (χ4v) is 2.24. The third kappa shape index (κ3) is 1.63. The lowest BCUT2D eigenvalue weighted by Gasteiger charge is -2.17. The normalized spacial score (nSPS) is 18.7. The third-order valence-electron chi connectivity index (χ3n) is 3.06. The molecule has 0 radical (unpaired) electrons. The molecule has 3 rings (SSSR count). The van der Waals surface area contributed by atoms with Crippen LogP contribution in [0.3, 0.4) is 0 Å². The van der Waals surface area contributed by atoms with Gasteiger partial charge >= 0.3 is 11.8 Å². The number of fused-ring (bicyclic) bond motifs is 1. The van der Waals surface area contributed by atoms with Crippen molar-refractivity contribution in [3.8, 4) is 0 Å². The molecule has 0 aliphatic carbocycles. The van der Waals surface area contributed by atoms with Crippen LogP contribution in [0.5, 0.6) is 0 Å². The summed E-state index contributed by atoms with van der Waals surface area (Å²) in [5.74, 6) is -1.56.